The molecule has 0 aromatic heterocycles. The summed E-state index contributed by atoms with van der Waals surface area (Å²) in [6.45, 7) is 5.79. The number of aliphatic carboxylic acids is 1. The molecule has 5 heteroatoms. The number of hydrogen-bond acceptors (Lipinski definition) is 3. The van der Waals surface area contributed by atoms with Crippen LogP contribution >= 0.6 is 0 Å². The summed E-state index contributed by atoms with van der Waals surface area (Å²) in [5.74, 6) is -1.39. The Bertz CT molecular complexity index is 327. The minimum absolute atomic E-state index is 0.361. The van der Waals surface area contributed by atoms with Crippen LogP contribution in [-0.4, -0.2) is 29.6 Å². The molecule has 1 rings (SSSR count). The lowest BCUT2D eigenvalue weighted by Crippen LogP contribution is -2.49. The van der Waals surface area contributed by atoms with Crippen LogP contribution < -0.4 is 5.32 Å². The van der Waals surface area contributed by atoms with Gasteiger partial charge in [0, 0.05) is 6.42 Å². The minimum atomic E-state index is -1.03. The SMILES string of the molecule is CC(C)(C)C(NC(=O)C1=COCC1)C(=O)O. The van der Waals surface area contributed by atoms with Crippen LogP contribution in [0, 0.1) is 5.41 Å². The highest BCUT2D eigenvalue weighted by Crippen LogP contribution is 2.20. The first-order valence-corrected chi connectivity index (χ1v) is 5.16. The average Bonchev–Trinajstić information content (AvgIpc) is 2.63. The van der Waals surface area contributed by atoms with Crippen LogP contribution in [0.1, 0.15) is 27.2 Å². The summed E-state index contributed by atoms with van der Waals surface area (Å²) in [5.41, 5.74) is -0.0304. The van der Waals surface area contributed by atoms with Gasteiger partial charge in [-0.3, -0.25) is 4.79 Å². The van der Waals surface area contributed by atoms with E-state index in [9.17, 15) is 9.59 Å². The molecule has 0 aromatic rings. The molecular weight excluding hydrogens is 210 g/mol. The lowest BCUT2D eigenvalue weighted by Gasteiger charge is -2.27. The maximum atomic E-state index is 11.7. The van der Waals surface area contributed by atoms with E-state index in [1.807, 2.05) is 0 Å². The summed E-state index contributed by atoms with van der Waals surface area (Å²) in [6.07, 6.45) is 1.92. The summed E-state index contributed by atoms with van der Waals surface area (Å²) >= 11 is 0. The molecule has 0 saturated carbocycles. The monoisotopic (exact) mass is 227 g/mol. The Hall–Kier alpha value is -1.52. The van der Waals surface area contributed by atoms with E-state index in [-0.39, 0.29) is 5.91 Å². The molecule has 90 valence electrons. The van der Waals surface area contributed by atoms with Gasteiger partial charge in [-0.05, 0) is 5.41 Å². The first-order chi connectivity index (χ1) is 7.32. The molecule has 0 aliphatic carbocycles. The number of carboxylic acid groups (broad SMARTS) is 1. The van der Waals surface area contributed by atoms with Gasteiger partial charge < -0.3 is 15.2 Å². The Morgan fingerprint density at radius 1 is 1.50 bits per heavy atom. The number of hydrogen-bond donors (Lipinski definition) is 2. The van der Waals surface area contributed by atoms with Crippen molar-refractivity contribution in [2.75, 3.05) is 6.61 Å². The molecule has 0 fully saturated rings. The molecule has 1 heterocycles. The number of ether oxygens (including phenoxy) is 1. The predicted molar refractivity (Wildman–Crippen MR) is 57.7 cm³/mol. The Labute approximate surface area is 94.5 Å². The Kier molecular flexibility index (Phi) is 3.57. The van der Waals surface area contributed by atoms with Gasteiger partial charge in [0.25, 0.3) is 5.91 Å². The molecule has 1 aliphatic rings. The van der Waals surface area contributed by atoms with Gasteiger partial charge in [-0.2, -0.15) is 0 Å². The van der Waals surface area contributed by atoms with Gasteiger partial charge in [0.05, 0.1) is 18.4 Å². The summed E-state index contributed by atoms with van der Waals surface area (Å²) in [4.78, 5) is 22.7. The molecule has 1 unspecified atom stereocenters. The van der Waals surface area contributed by atoms with Crippen molar-refractivity contribution < 1.29 is 19.4 Å². The van der Waals surface area contributed by atoms with E-state index in [0.29, 0.717) is 18.6 Å². The van der Waals surface area contributed by atoms with E-state index in [2.05, 4.69) is 5.32 Å². The Morgan fingerprint density at radius 3 is 2.50 bits per heavy atom. The molecule has 0 bridgehead atoms. The van der Waals surface area contributed by atoms with Crippen molar-refractivity contribution in [3.05, 3.63) is 11.8 Å². The number of rotatable bonds is 3. The van der Waals surface area contributed by atoms with Gasteiger partial charge in [-0.15, -0.1) is 0 Å². The summed E-state index contributed by atoms with van der Waals surface area (Å²) in [5, 5.41) is 11.5. The zero-order valence-electron chi connectivity index (χ0n) is 9.74. The number of amides is 1. The molecule has 2 N–H and O–H groups in total. The molecule has 16 heavy (non-hydrogen) atoms. The largest absolute Gasteiger partial charge is 0.500 e. The van der Waals surface area contributed by atoms with E-state index < -0.39 is 17.4 Å². The van der Waals surface area contributed by atoms with Crippen LogP contribution in [0.3, 0.4) is 0 Å². The molecule has 5 nitrogen and oxygen atoms in total. The van der Waals surface area contributed by atoms with Crippen LogP contribution in [-0.2, 0) is 14.3 Å². The third-order valence-corrected chi connectivity index (χ3v) is 2.39. The van der Waals surface area contributed by atoms with Gasteiger partial charge in [-0.1, -0.05) is 20.8 Å². The normalized spacial score (nSPS) is 17.3. The van der Waals surface area contributed by atoms with Gasteiger partial charge in [-0.25, -0.2) is 4.79 Å². The van der Waals surface area contributed by atoms with Gasteiger partial charge in [0.2, 0.25) is 0 Å². The molecule has 0 spiro atoms. The highest BCUT2D eigenvalue weighted by molar-refractivity contribution is 5.96. The number of carboxylic acids is 1. The fourth-order valence-electron chi connectivity index (χ4n) is 1.43. The number of nitrogens with one attached hydrogen (secondary N) is 1. The first-order valence-electron chi connectivity index (χ1n) is 5.16. The van der Waals surface area contributed by atoms with Crippen molar-refractivity contribution in [3.63, 3.8) is 0 Å². The maximum Gasteiger partial charge on any atom is 0.326 e. The number of carbonyl (C=O) groups excluding carboxylic acids is 1. The lowest BCUT2D eigenvalue weighted by atomic mass is 9.86. The van der Waals surface area contributed by atoms with Crippen molar-refractivity contribution in [1.29, 1.82) is 0 Å². The van der Waals surface area contributed by atoms with E-state index in [1.54, 1.807) is 20.8 Å². The highest BCUT2D eigenvalue weighted by Gasteiger charge is 2.33. The third-order valence-electron chi connectivity index (χ3n) is 2.39. The molecule has 0 saturated heterocycles. The van der Waals surface area contributed by atoms with E-state index in [1.165, 1.54) is 6.26 Å². The third kappa shape index (κ3) is 2.98. The topological polar surface area (TPSA) is 75.6 Å². The molecular formula is C11H17NO4. The quantitative estimate of drug-likeness (QED) is 0.751. The summed E-state index contributed by atoms with van der Waals surface area (Å²) in [6, 6.07) is -0.901. The molecule has 1 amide bonds. The van der Waals surface area contributed by atoms with Crippen LogP contribution in [0.4, 0.5) is 0 Å². The molecule has 1 atom stereocenters. The second-order valence-corrected chi connectivity index (χ2v) is 4.87. The second-order valence-electron chi connectivity index (χ2n) is 4.87. The average molecular weight is 227 g/mol. The van der Waals surface area contributed by atoms with Crippen LogP contribution in [0.2, 0.25) is 0 Å². The first kappa shape index (κ1) is 12.5. The van der Waals surface area contributed by atoms with Gasteiger partial charge >= 0.3 is 5.97 Å². The van der Waals surface area contributed by atoms with Crippen molar-refractivity contribution >= 4 is 11.9 Å². The standard InChI is InChI=1S/C11H17NO4/c1-11(2,3)8(10(14)15)12-9(13)7-4-5-16-6-7/h6,8H,4-5H2,1-3H3,(H,12,13)(H,14,15). The summed E-state index contributed by atoms with van der Waals surface area (Å²) < 4.78 is 4.94. The zero-order chi connectivity index (χ0) is 12.3. The van der Waals surface area contributed by atoms with Gasteiger partial charge in [0.1, 0.15) is 6.04 Å². The van der Waals surface area contributed by atoms with Gasteiger partial charge in [0.15, 0.2) is 0 Å². The highest BCUT2D eigenvalue weighted by atomic mass is 16.5. The van der Waals surface area contributed by atoms with Crippen LogP contribution in [0.25, 0.3) is 0 Å². The van der Waals surface area contributed by atoms with E-state index in [0.717, 1.165) is 0 Å². The van der Waals surface area contributed by atoms with Crippen LogP contribution in [0.15, 0.2) is 11.8 Å². The van der Waals surface area contributed by atoms with Crippen molar-refractivity contribution in [2.45, 2.75) is 33.2 Å². The Morgan fingerprint density at radius 2 is 2.12 bits per heavy atom. The lowest BCUT2D eigenvalue weighted by molar-refractivity contribution is -0.144. The predicted octanol–water partition coefficient (Wildman–Crippen LogP) is 0.906. The van der Waals surface area contributed by atoms with Crippen LogP contribution in [0.5, 0.6) is 0 Å². The fourth-order valence-corrected chi connectivity index (χ4v) is 1.43. The fraction of sp³-hybridized carbons (Fsp3) is 0.636. The van der Waals surface area contributed by atoms with E-state index in [4.69, 9.17) is 9.84 Å². The summed E-state index contributed by atoms with van der Waals surface area (Å²) in [7, 11) is 0. The Balaban J connectivity index is 2.69. The molecule has 0 radical (unpaired) electrons. The van der Waals surface area contributed by atoms with Crippen molar-refractivity contribution in [3.8, 4) is 0 Å². The van der Waals surface area contributed by atoms with Crippen molar-refractivity contribution in [2.24, 2.45) is 5.41 Å². The minimum Gasteiger partial charge on any atom is -0.500 e. The van der Waals surface area contributed by atoms with E-state index >= 15 is 0 Å². The molecule has 1 aliphatic heterocycles. The zero-order valence-corrected chi connectivity index (χ0v) is 9.74. The van der Waals surface area contributed by atoms with Crippen molar-refractivity contribution in [1.82, 2.24) is 5.32 Å². The molecule has 0 aromatic carbocycles. The second kappa shape index (κ2) is 4.55. The smallest absolute Gasteiger partial charge is 0.326 e. The maximum absolute atomic E-state index is 11.7. The number of carbonyl (C=O) groups is 2.